The summed E-state index contributed by atoms with van der Waals surface area (Å²) >= 11 is 0. The number of rotatable bonds is 5. The Balaban J connectivity index is 1.57. The van der Waals surface area contributed by atoms with Crippen molar-refractivity contribution in [3.8, 4) is 0 Å². The van der Waals surface area contributed by atoms with Gasteiger partial charge in [0.15, 0.2) is 5.96 Å². The molecule has 5 nitrogen and oxygen atoms in total. The summed E-state index contributed by atoms with van der Waals surface area (Å²) in [5, 5.41) is 7.14. The van der Waals surface area contributed by atoms with Crippen LogP contribution in [0, 0.1) is 0 Å². The summed E-state index contributed by atoms with van der Waals surface area (Å²) in [4.78, 5) is 6.97. The molecule has 1 aromatic rings. The Morgan fingerprint density at radius 2 is 1.96 bits per heavy atom. The van der Waals surface area contributed by atoms with Crippen LogP contribution in [0.15, 0.2) is 27.8 Å². The zero-order valence-corrected chi connectivity index (χ0v) is 15.0. The topological polar surface area (TPSA) is 52.8 Å². The highest BCUT2D eigenvalue weighted by Crippen LogP contribution is 2.24. The minimum atomic E-state index is 0.283. The third-order valence-electron chi connectivity index (χ3n) is 5.34. The molecule has 2 aliphatic rings. The van der Waals surface area contributed by atoms with Crippen molar-refractivity contribution in [3.05, 3.63) is 24.2 Å². The van der Waals surface area contributed by atoms with Crippen molar-refractivity contribution < 1.29 is 4.42 Å². The number of guanidine groups is 1. The highest BCUT2D eigenvalue weighted by atomic mass is 16.3. The van der Waals surface area contributed by atoms with E-state index < -0.39 is 0 Å². The number of hydrogen-bond donors (Lipinski definition) is 2. The average molecular weight is 332 g/mol. The maximum Gasteiger partial charge on any atom is 0.191 e. The Hall–Kier alpha value is -1.49. The molecule has 0 spiro atoms. The molecule has 1 aromatic heterocycles. The fourth-order valence-corrected chi connectivity index (χ4v) is 3.95. The molecule has 134 valence electrons. The molecule has 24 heavy (non-hydrogen) atoms. The van der Waals surface area contributed by atoms with Gasteiger partial charge in [-0.2, -0.15) is 0 Å². The van der Waals surface area contributed by atoms with E-state index in [4.69, 9.17) is 4.42 Å². The zero-order valence-electron chi connectivity index (χ0n) is 15.0. The van der Waals surface area contributed by atoms with Crippen molar-refractivity contribution in [3.63, 3.8) is 0 Å². The second kappa shape index (κ2) is 9.11. The summed E-state index contributed by atoms with van der Waals surface area (Å²) in [6, 6.07) is 4.94. The van der Waals surface area contributed by atoms with Crippen LogP contribution in [-0.4, -0.2) is 43.6 Å². The zero-order chi connectivity index (χ0) is 16.6. The van der Waals surface area contributed by atoms with Crippen molar-refractivity contribution in [1.82, 2.24) is 15.5 Å². The fraction of sp³-hybridized carbons (Fsp3) is 0.737. The van der Waals surface area contributed by atoms with Gasteiger partial charge in [0.05, 0.1) is 12.3 Å². The highest BCUT2D eigenvalue weighted by Gasteiger charge is 2.25. The Kier molecular flexibility index (Phi) is 6.58. The Labute approximate surface area is 145 Å². The summed E-state index contributed by atoms with van der Waals surface area (Å²) in [6.07, 6.45) is 12.2. The Morgan fingerprint density at radius 3 is 2.62 bits per heavy atom. The number of hydrogen-bond acceptors (Lipinski definition) is 3. The maximum atomic E-state index is 5.72. The van der Waals surface area contributed by atoms with E-state index in [9.17, 15) is 0 Å². The van der Waals surface area contributed by atoms with Crippen molar-refractivity contribution in [2.24, 2.45) is 4.99 Å². The van der Waals surface area contributed by atoms with Gasteiger partial charge < -0.3 is 15.1 Å². The summed E-state index contributed by atoms with van der Waals surface area (Å²) in [5.74, 6) is 1.98. The molecule has 5 heteroatoms. The van der Waals surface area contributed by atoms with E-state index in [1.54, 1.807) is 6.26 Å². The minimum absolute atomic E-state index is 0.283. The molecule has 1 saturated heterocycles. The predicted molar refractivity (Wildman–Crippen MR) is 98.2 cm³/mol. The first kappa shape index (κ1) is 17.3. The van der Waals surface area contributed by atoms with Gasteiger partial charge in [-0.05, 0) is 50.9 Å². The lowest BCUT2D eigenvalue weighted by molar-refractivity contribution is 0.146. The first-order chi connectivity index (χ1) is 11.9. The molecule has 2 heterocycles. The molecule has 0 aromatic carbocycles. The monoisotopic (exact) mass is 332 g/mol. The van der Waals surface area contributed by atoms with E-state index in [1.807, 2.05) is 13.1 Å². The third kappa shape index (κ3) is 4.76. The number of nitrogens with zero attached hydrogens (tertiary/aromatic N) is 2. The second-order valence-electron chi connectivity index (χ2n) is 7.06. The van der Waals surface area contributed by atoms with E-state index >= 15 is 0 Å². The van der Waals surface area contributed by atoms with Gasteiger partial charge in [-0.3, -0.25) is 9.89 Å². The molecule has 1 unspecified atom stereocenters. The quantitative estimate of drug-likeness (QED) is 0.642. The van der Waals surface area contributed by atoms with Crippen LogP contribution in [0.3, 0.4) is 0 Å². The smallest absolute Gasteiger partial charge is 0.191 e. The molecule has 3 rings (SSSR count). The Bertz CT molecular complexity index is 487. The minimum Gasteiger partial charge on any atom is -0.468 e. The van der Waals surface area contributed by atoms with E-state index in [1.165, 1.54) is 51.4 Å². The van der Waals surface area contributed by atoms with Crippen molar-refractivity contribution >= 4 is 5.96 Å². The average Bonchev–Trinajstić information content (AvgIpc) is 3.17. The molecule has 1 aliphatic carbocycles. The van der Waals surface area contributed by atoms with E-state index in [2.05, 4.69) is 26.6 Å². The van der Waals surface area contributed by atoms with Crippen LogP contribution in [0.1, 0.15) is 63.2 Å². The first-order valence-electron chi connectivity index (χ1n) is 9.61. The number of likely N-dealkylation sites (tertiary alicyclic amines) is 1. The number of piperidine rings is 1. The van der Waals surface area contributed by atoms with Crippen LogP contribution < -0.4 is 10.6 Å². The van der Waals surface area contributed by atoms with Crippen molar-refractivity contribution in [2.45, 2.75) is 63.5 Å². The van der Waals surface area contributed by atoms with E-state index in [-0.39, 0.29) is 6.04 Å². The van der Waals surface area contributed by atoms with Gasteiger partial charge in [0, 0.05) is 19.6 Å². The Morgan fingerprint density at radius 1 is 1.21 bits per heavy atom. The van der Waals surface area contributed by atoms with Gasteiger partial charge in [0.25, 0.3) is 0 Å². The van der Waals surface area contributed by atoms with Crippen LogP contribution in [-0.2, 0) is 0 Å². The number of nitrogens with one attached hydrogen (secondary N) is 2. The largest absolute Gasteiger partial charge is 0.468 e. The maximum absolute atomic E-state index is 5.72. The van der Waals surface area contributed by atoms with Gasteiger partial charge >= 0.3 is 0 Å². The SMILES string of the molecule is CN=C(NCC(c1ccco1)N1CCCCC1)NC1CCCCC1. The summed E-state index contributed by atoms with van der Waals surface area (Å²) < 4.78 is 5.72. The van der Waals surface area contributed by atoms with Gasteiger partial charge in [0.1, 0.15) is 5.76 Å². The second-order valence-corrected chi connectivity index (χ2v) is 7.06. The summed E-state index contributed by atoms with van der Waals surface area (Å²) in [7, 11) is 1.86. The van der Waals surface area contributed by atoms with Crippen molar-refractivity contribution in [1.29, 1.82) is 0 Å². The lowest BCUT2D eigenvalue weighted by Crippen LogP contribution is -2.47. The molecule has 1 aliphatic heterocycles. The van der Waals surface area contributed by atoms with Crippen LogP contribution in [0.2, 0.25) is 0 Å². The molecule has 1 atom stereocenters. The molecule has 2 N–H and O–H groups in total. The molecule has 0 amide bonds. The van der Waals surface area contributed by atoms with Gasteiger partial charge in [0.2, 0.25) is 0 Å². The van der Waals surface area contributed by atoms with Crippen LogP contribution in [0.4, 0.5) is 0 Å². The molecular formula is C19H32N4O. The first-order valence-corrected chi connectivity index (χ1v) is 9.61. The summed E-state index contributed by atoms with van der Waals surface area (Å²) in [5.41, 5.74) is 0. The molecule has 2 fully saturated rings. The van der Waals surface area contributed by atoms with Gasteiger partial charge in [-0.25, -0.2) is 0 Å². The predicted octanol–water partition coefficient (Wildman–Crippen LogP) is 3.30. The number of aliphatic imine (C=N–C) groups is 1. The molecular weight excluding hydrogens is 300 g/mol. The molecule has 0 bridgehead atoms. The van der Waals surface area contributed by atoms with E-state index in [0.717, 1.165) is 31.4 Å². The lowest BCUT2D eigenvalue weighted by atomic mass is 9.96. The van der Waals surface area contributed by atoms with Crippen LogP contribution >= 0.6 is 0 Å². The van der Waals surface area contributed by atoms with Gasteiger partial charge in [-0.1, -0.05) is 25.7 Å². The lowest BCUT2D eigenvalue weighted by Gasteiger charge is -2.34. The fourth-order valence-electron chi connectivity index (χ4n) is 3.95. The highest BCUT2D eigenvalue weighted by molar-refractivity contribution is 5.80. The van der Waals surface area contributed by atoms with Crippen LogP contribution in [0.5, 0.6) is 0 Å². The normalized spacial score (nSPS) is 22.3. The van der Waals surface area contributed by atoms with Crippen molar-refractivity contribution in [2.75, 3.05) is 26.7 Å². The molecule has 1 saturated carbocycles. The third-order valence-corrected chi connectivity index (χ3v) is 5.34. The van der Waals surface area contributed by atoms with Crippen LogP contribution in [0.25, 0.3) is 0 Å². The standard InChI is InChI=1S/C19H32N4O/c1-20-19(22-16-9-4-2-5-10-16)21-15-17(18-11-8-14-24-18)23-12-6-3-7-13-23/h8,11,14,16-17H,2-7,9-10,12-13,15H2,1H3,(H2,20,21,22). The molecule has 0 radical (unpaired) electrons. The van der Waals surface area contributed by atoms with E-state index in [0.29, 0.717) is 6.04 Å². The number of furan rings is 1. The van der Waals surface area contributed by atoms with Gasteiger partial charge in [-0.15, -0.1) is 0 Å². The summed E-state index contributed by atoms with van der Waals surface area (Å²) in [6.45, 7) is 3.14.